The van der Waals surface area contributed by atoms with Crippen molar-refractivity contribution in [2.45, 2.75) is 37.8 Å². The number of aliphatic hydroxyl groups excluding tert-OH is 1. The van der Waals surface area contributed by atoms with Gasteiger partial charge in [0.1, 0.15) is 0 Å². The van der Waals surface area contributed by atoms with Crippen molar-refractivity contribution in [3.05, 3.63) is 0 Å². The van der Waals surface area contributed by atoms with E-state index in [1.807, 2.05) is 0 Å². The molecule has 0 bridgehead atoms. The third kappa shape index (κ3) is 4.92. The van der Waals surface area contributed by atoms with Gasteiger partial charge in [0.25, 0.3) is 0 Å². The summed E-state index contributed by atoms with van der Waals surface area (Å²) in [6, 6.07) is 0.333. The van der Waals surface area contributed by atoms with Crippen LogP contribution in [0.2, 0.25) is 0 Å². The zero-order valence-electron chi connectivity index (χ0n) is 9.87. The fourth-order valence-corrected chi connectivity index (χ4v) is 2.02. The van der Waals surface area contributed by atoms with E-state index in [4.69, 9.17) is 9.84 Å². The summed E-state index contributed by atoms with van der Waals surface area (Å²) in [5.41, 5.74) is 0. The van der Waals surface area contributed by atoms with Crippen LogP contribution in [0.15, 0.2) is 0 Å². The van der Waals surface area contributed by atoms with Crippen LogP contribution in [-0.4, -0.2) is 50.0 Å². The monoisotopic (exact) mass is 230 g/mol. The standard InChI is InChI=1S/C11H22N2O3/c1-16-8-10(4-6-14)13-9-3-2-5-12-11(15)7-9/h9-10,13-14H,2-8H2,1H3,(H,12,15). The number of nitrogens with one attached hydrogen (secondary N) is 2. The van der Waals surface area contributed by atoms with E-state index in [2.05, 4.69) is 10.6 Å². The van der Waals surface area contributed by atoms with Gasteiger partial charge in [0, 0.05) is 38.8 Å². The van der Waals surface area contributed by atoms with Crippen LogP contribution in [0.5, 0.6) is 0 Å². The van der Waals surface area contributed by atoms with Crippen LogP contribution >= 0.6 is 0 Å². The molecular formula is C11H22N2O3. The van der Waals surface area contributed by atoms with Crippen LogP contribution in [0.25, 0.3) is 0 Å². The molecule has 2 atom stereocenters. The largest absolute Gasteiger partial charge is 0.396 e. The second-order valence-electron chi connectivity index (χ2n) is 4.22. The number of methoxy groups -OCH3 is 1. The molecule has 0 saturated carbocycles. The van der Waals surface area contributed by atoms with E-state index in [9.17, 15) is 4.79 Å². The Kier molecular flexibility index (Phi) is 6.37. The van der Waals surface area contributed by atoms with Crippen molar-refractivity contribution in [2.75, 3.05) is 26.9 Å². The molecule has 0 aliphatic carbocycles. The lowest BCUT2D eigenvalue weighted by molar-refractivity contribution is -0.121. The first-order chi connectivity index (χ1) is 7.76. The Balaban J connectivity index is 2.38. The van der Waals surface area contributed by atoms with Gasteiger partial charge in [-0.25, -0.2) is 0 Å². The number of rotatable bonds is 6. The van der Waals surface area contributed by atoms with Crippen molar-refractivity contribution < 1.29 is 14.6 Å². The first-order valence-corrected chi connectivity index (χ1v) is 5.88. The maximum Gasteiger partial charge on any atom is 0.221 e. The number of hydrogen-bond acceptors (Lipinski definition) is 4. The Hall–Kier alpha value is -0.650. The minimum atomic E-state index is 0.107. The lowest BCUT2D eigenvalue weighted by Gasteiger charge is -2.23. The molecule has 3 N–H and O–H groups in total. The van der Waals surface area contributed by atoms with Gasteiger partial charge < -0.3 is 20.5 Å². The average Bonchev–Trinajstić information content (AvgIpc) is 2.43. The molecule has 1 aliphatic heterocycles. The number of carbonyl (C=O) groups excluding carboxylic acids is 1. The summed E-state index contributed by atoms with van der Waals surface area (Å²) in [6.07, 6.45) is 3.17. The van der Waals surface area contributed by atoms with Gasteiger partial charge in [-0.2, -0.15) is 0 Å². The van der Waals surface area contributed by atoms with Crippen molar-refractivity contribution in [3.63, 3.8) is 0 Å². The number of hydrogen-bond donors (Lipinski definition) is 3. The fraction of sp³-hybridized carbons (Fsp3) is 0.909. The molecule has 1 aliphatic rings. The minimum absolute atomic E-state index is 0.107. The van der Waals surface area contributed by atoms with Gasteiger partial charge >= 0.3 is 0 Å². The molecule has 0 aromatic rings. The molecule has 2 unspecified atom stereocenters. The molecule has 16 heavy (non-hydrogen) atoms. The SMILES string of the molecule is COCC(CCO)NC1CCCNC(=O)C1. The van der Waals surface area contributed by atoms with Crippen molar-refractivity contribution in [2.24, 2.45) is 0 Å². The number of ether oxygens (including phenoxy) is 1. The van der Waals surface area contributed by atoms with Crippen molar-refractivity contribution in [1.82, 2.24) is 10.6 Å². The topological polar surface area (TPSA) is 70.6 Å². The molecule has 94 valence electrons. The highest BCUT2D eigenvalue weighted by Gasteiger charge is 2.20. The Bertz CT molecular complexity index is 205. The third-order valence-corrected chi connectivity index (χ3v) is 2.80. The molecule has 5 heteroatoms. The van der Waals surface area contributed by atoms with Crippen molar-refractivity contribution in [3.8, 4) is 0 Å². The van der Waals surface area contributed by atoms with E-state index in [0.717, 1.165) is 19.4 Å². The van der Waals surface area contributed by atoms with Crippen molar-refractivity contribution in [1.29, 1.82) is 0 Å². The summed E-state index contributed by atoms with van der Waals surface area (Å²) >= 11 is 0. The molecule has 0 aromatic carbocycles. The first kappa shape index (κ1) is 13.4. The van der Waals surface area contributed by atoms with E-state index < -0.39 is 0 Å². The molecule has 1 heterocycles. The van der Waals surface area contributed by atoms with E-state index in [1.165, 1.54) is 0 Å². The van der Waals surface area contributed by atoms with Gasteiger partial charge in [-0.1, -0.05) is 0 Å². The molecule has 1 saturated heterocycles. The molecule has 1 rings (SSSR count). The number of carbonyl (C=O) groups is 1. The van der Waals surface area contributed by atoms with Gasteiger partial charge in [-0.3, -0.25) is 4.79 Å². The summed E-state index contributed by atoms with van der Waals surface area (Å²) in [5, 5.41) is 15.2. The average molecular weight is 230 g/mol. The minimum Gasteiger partial charge on any atom is -0.396 e. The van der Waals surface area contributed by atoms with Crippen LogP contribution in [0.4, 0.5) is 0 Å². The van der Waals surface area contributed by atoms with Gasteiger partial charge in [0.05, 0.1) is 6.61 Å². The summed E-state index contributed by atoms with van der Waals surface area (Å²) in [7, 11) is 1.64. The molecule has 0 spiro atoms. The van der Waals surface area contributed by atoms with Gasteiger partial charge in [0.15, 0.2) is 0 Å². The molecule has 0 aromatic heterocycles. The van der Waals surface area contributed by atoms with Crippen LogP contribution in [0.1, 0.15) is 25.7 Å². The quantitative estimate of drug-likeness (QED) is 0.583. The van der Waals surface area contributed by atoms with E-state index in [0.29, 0.717) is 19.4 Å². The highest BCUT2D eigenvalue weighted by atomic mass is 16.5. The summed E-state index contributed by atoms with van der Waals surface area (Å²) in [4.78, 5) is 11.4. The lowest BCUT2D eigenvalue weighted by atomic mass is 10.1. The van der Waals surface area contributed by atoms with Gasteiger partial charge in [0.2, 0.25) is 5.91 Å². The maximum absolute atomic E-state index is 11.4. The summed E-state index contributed by atoms with van der Waals surface area (Å²) < 4.78 is 5.08. The molecule has 1 amide bonds. The highest BCUT2D eigenvalue weighted by molar-refractivity contribution is 5.76. The lowest BCUT2D eigenvalue weighted by Crippen LogP contribution is -2.42. The predicted octanol–water partition coefficient (Wildman–Crippen LogP) is -0.358. The highest BCUT2D eigenvalue weighted by Crippen LogP contribution is 2.08. The Morgan fingerprint density at radius 1 is 1.69 bits per heavy atom. The normalized spacial score (nSPS) is 23.6. The number of amides is 1. The Morgan fingerprint density at radius 2 is 2.50 bits per heavy atom. The van der Waals surface area contributed by atoms with E-state index in [1.54, 1.807) is 7.11 Å². The molecule has 1 fully saturated rings. The number of aliphatic hydroxyl groups is 1. The van der Waals surface area contributed by atoms with Crippen LogP contribution < -0.4 is 10.6 Å². The van der Waals surface area contributed by atoms with Gasteiger partial charge in [-0.15, -0.1) is 0 Å². The van der Waals surface area contributed by atoms with E-state index in [-0.39, 0.29) is 24.6 Å². The first-order valence-electron chi connectivity index (χ1n) is 5.88. The summed E-state index contributed by atoms with van der Waals surface area (Å²) in [6.45, 7) is 1.48. The maximum atomic E-state index is 11.4. The predicted molar refractivity (Wildman–Crippen MR) is 61.2 cm³/mol. The Morgan fingerprint density at radius 3 is 3.19 bits per heavy atom. The van der Waals surface area contributed by atoms with E-state index >= 15 is 0 Å². The summed E-state index contributed by atoms with van der Waals surface area (Å²) in [5.74, 6) is 0.107. The van der Waals surface area contributed by atoms with Gasteiger partial charge in [-0.05, 0) is 19.3 Å². The van der Waals surface area contributed by atoms with Crippen molar-refractivity contribution >= 4 is 5.91 Å². The fourth-order valence-electron chi connectivity index (χ4n) is 2.02. The van der Waals surface area contributed by atoms with Crippen LogP contribution in [0, 0.1) is 0 Å². The Labute approximate surface area is 96.6 Å². The molecule has 0 radical (unpaired) electrons. The zero-order chi connectivity index (χ0) is 11.8. The van der Waals surface area contributed by atoms with Crippen LogP contribution in [0.3, 0.4) is 0 Å². The second kappa shape index (κ2) is 7.60. The molecular weight excluding hydrogens is 208 g/mol. The second-order valence-corrected chi connectivity index (χ2v) is 4.22. The zero-order valence-corrected chi connectivity index (χ0v) is 9.87. The third-order valence-electron chi connectivity index (χ3n) is 2.80. The molecule has 5 nitrogen and oxygen atoms in total. The smallest absolute Gasteiger partial charge is 0.221 e. The van der Waals surface area contributed by atoms with Crippen LogP contribution in [-0.2, 0) is 9.53 Å².